The molecule has 8 nitrogen and oxygen atoms in total. The van der Waals surface area contributed by atoms with Crippen LogP contribution in [0.25, 0.3) is 5.69 Å². The summed E-state index contributed by atoms with van der Waals surface area (Å²) in [5.41, 5.74) is 1.72. The Morgan fingerprint density at radius 1 is 1.12 bits per heavy atom. The minimum Gasteiger partial charge on any atom is -0.394 e. The summed E-state index contributed by atoms with van der Waals surface area (Å²) in [6.45, 7) is -0.380. The molecule has 3 rings (SSSR count). The number of nitrogens with zero attached hydrogens (tertiary/aromatic N) is 2. The van der Waals surface area contributed by atoms with Crippen LogP contribution in [0, 0.1) is 0 Å². The van der Waals surface area contributed by atoms with Crippen LogP contribution in [0.1, 0.15) is 5.56 Å². The highest BCUT2D eigenvalue weighted by molar-refractivity contribution is 5.33. The molecular formula is C16H20N2O6. The van der Waals surface area contributed by atoms with Crippen LogP contribution >= 0.6 is 0 Å². The summed E-state index contributed by atoms with van der Waals surface area (Å²) in [6.07, 6.45) is -2.73. The van der Waals surface area contributed by atoms with E-state index in [9.17, 15) is 15.3 Å². The van der Waals surface area contributed by atoms with Crippen molar-refractivity contribution in [3.8, 4) is 5.69 Å². The lowest BCUT2D eigenvalue weighted by molar-refractivity contribution is -0.298. The van der Waals surface area contributed by atoms with Crippen molar-refractivity contribution in [1.82, 2.24) is 9.78 Å². The Labute approximate surface area is 138 Å². The second-order valence-electron chi connectivity index (χ2n) is 5.62. The van der Waals surface area contributed by atoms with E-state index in [2.05, 4.69) is 5.10 Å². The first-order chi connectivity index (χ1) is 11.6. The first-order valence-electron chi connectivity index (χ1n) is 7.61. The second-order valence-corrected chi connectivity index (χ2v) is 5.62. The molecule has 0 spiro atoms. The summed E-state index contributed by atoms with van der Waals surface area (Å²) in [5.74, 6) is 0. The Hall–Kier alpha value is -1.81. The summed E-state index contributed by atoms with van der Waals surface area (Å²) < 4.78 is 12.3. The Bertz CT molecular complexity index is 633. The van der Waals surface area contributed by atoms with Crippen LogP contribution in [0.2, 0.25) is 0 Å². The molecule has 130 valence electrons. The molecule has 1 fully saturated rings. The van der Waals surface area contributed by atoms with Gasteiger partial charge in [-0.05, 0) is 23.8 Å². The van der Waals surface area contributed by atoms with Crippen molar-refractivity contribution in [2.75, 3.05) is 6.61 Å². The fourth-order valence-corrected chi connectivity index (χ4v) is 2.61. The van der Waals surface area contributed by atoms with E-state index in [0.717, 1.165) is 11.3 Å². The molecule has 0 bridgehead atoms. The molecule has 1 aliphatic heterocycles. The summed E-state index contributed by atoms with van der Waals surface area (Å²) in [4.78, 5) is 0. The van der Waals surface area contributed by atoms with Crippen LogP contribution in [0.5, 0.6) is 0 Å². The van der Waals surface area contributed by atoms with E-state index in [4.69, 9.17) is 14.6 Å². The van der Waals surface area contributed by atoms with E-state index in [1.54, 1.807) is 10.9 Å². The predicted octanol–water partition coefficient (Wildman–Crippen LogP) is -0.811. The Balaban J connectivity index is 1.61. The predicted molar refractivity (Wildman–Crippen MR) is 82.1 cm³/mol. The molecular weight excluding hydrogens is 316 g/mol. The highest BCUT2D eigenvalue weighted by Gasteiger charge is 2.44. The van der Waals surface area contributed by atoms with Crippen molar-refractivity contribution in [2.45, 2.75) is 37.3 Å². The molecule has 8 heteroatoms. The molecule has 0 amide bonds. The number of hydrogen-bond acceptors (Lipinski definition) is 7. The molecule has 4 N–H and O–H groups in total. The monoisotopic (exact) mass is 336 g/mol. The average molecular weight is 336 g/mol. The maximum atomic E-state index is 10.0. The maximum absolute atomic E-state index is 10.0. The van der Waals surface area contributed by atoms with E-state index < -0.39 is 37.3 Å². The van der Waals surface area contributed by atoms with Crippen LogP contribution in [0.3, 0.4) is 0 Å². The molecule has 1 aromatic heterocycles. The molecule has 0 radical (unpaired) electrons. The van der Waals surface area contributed by atoms with Crippen molar-refractivity contribution >= 4 is 0 Å². The van der Waals surface area contributed by atoms with E-state index >= 15 is 0 Å². The highest BCUT2D eigenvalue weighted by Crippen LogP contribution is 2.23. The number of aliphatic hydroxyl groups excluding tert-OH is 4. The van der Waals surface area contributed by atoms with Crippen molar-refractivity contribution in [3.05, 3.63) is 48.3 Å². The average Bonchev–Trinajstić information content (AvgIpc) is 3.13. The molecule has 24 heavy (non-hydrogen) atoms. The van der Waals surface area contributed by atoms with Crippen LogP contribution < -0.4 is 0 Å². The SMILES string of the molecule is OC[C@H]1O[C@H](O)[C@H](OCc2ccc(-n3cccn3)cc2)[C@@H](O)[C@@H]1O. The zero-order valence-electron chi connectivity index (χ0n) is 12.8. The van der Waals surface area contributed by atoms with Gasteiger partial charge in [0.25, 0.3) is 0 Å². The molecule has 0 saturated carbocycles. The summed E-state index contributed by atoms with van der Waals surface area (Å²) >= 11 is 0. The maximum Gasteiger partial charge on any atom is 0.184 e. The molecule has 1 aliphatic rings. The van der Waals surface area contributed by atoms with Gasteiger partial charge in [-0.2, -0.15) is 5.10 Å². The number of benzene rings is 1. The topological polar surface area (TPSA) is 117 Å². The van der Waals surface area contributed by atoms with Crippen LogP contribution in [0.4, 0.5) is 0 Å². The third-order valence-electron chi connectivity index (χ3n) is 3.99. The molecule has 2 aromatic rings. The molecule has 5 atom stereocenters. The Morgan fingerprint density at radius 3 is 2.50 bits per heavy atom. The van der Waals surface area contributed by atoms with Gasteiger partial charge in [-0.15, -0.1) is 0 Å². The van der Waals surface area contributed by atoms with Crippen LogP contribution in [0.15, 0.2) is 42.7 Å². The largest absolute Gasteiger partial charge is 0.394 e. The molecule has 0 unspecified atom stereocenters. The molecule has 1 aromatic carbocycles. The zero-order valence-corrected chi connectivity index (χ0v) is 12.8. The van der Waals surface area contributed by atoms with Gasteiger partial charge in [0.2, 0.25) is 0 Å². The molecule has 0 aliphatic carbocycles. The lowest BCUT2D eigenvalue weighted by Gasteiger charge is -2.39. The fraction of sp³-hybridized carbons (Fsp3) is 0.438. The first-order valence-corrected chi connectivity index (χ1v) is 7.61. The normalized spacial score (nSPS) is 30.4. The zero-order chi connectivity index (χ0) is 17.1. The van der Waals surface area contributed by atoms with Crippen molar-refractivity contribution < 1.29 is 29.9 Å². The van der Waals surface area contributed by atoms with Gasteiger partial charge in [-0.1, -0.05) is 12.1 Å². The van der Waals surface area contributed by atoms with E-state index in [-0.39, 0.29) is 6.61 Å². The summed E-state index contributed by atoms with van der Waals surface area (Å²) in [7, 11) is 0. The smallest absolute Gasteiger partial charge is 0.184 e. The number of hydrogen-bond donors (Lipinski definition) is 4. The first kappa shape index (κ1) is 17.0. The van der Waals surface area contributed by atoms with Gasteiger partial charge in [0.15, 0.2) is 6.29 Å². The number of aromatic nitrogens is 2. The third kappa shape index (κ3) is 3.48. The van der Waals surface area contributed by atoms with Gasteiger partial charge < -0.3 is 29.9 Å². The van der Waals surface area contributed by atoms with Crippen molar-refractivity contribution in [1.29, 1.82) is 0 Å². The summed E-state index contributed by atoms with van der Waals surface area (Å²) in [6, 6.07) is 9.24. The lowest BCUT2D eigenvalue weighted by atomic mass is 9.99. The summed E-state index contributed by atoms with van der Waals surface area (Å²) in [5, 5.41) is 42.9. The molecule has 1 saturated heterocycles. The van der Waals surface area contributed by atoms with E-state index in [1.165, 1.54) is 0 Å². The fourth-order valence-electron chi connectivity index (χ4n) is 2.61. The minimum absolute atomic E-state index is 0.123. The van der Waals surface area contributed by atoms with Crippen LogP contribution in [-0.4, -0.2) is 67.5 Å². The Morgan fingerprint density at radius 2 is 1.88 bits per heavy atom. The third-order valence-corrected chi connectivity index (χ3v) is 3.99. The number of ether oxygens (including phenoxy) is 2. The van der Waals surface area contributed by atoms with Gasteiger partial charge in [-0.25, -0.2) is 4.68 Å². The minimum atomic E-state index is -1.43. The van der Waals surface area contributed by atoms with Crippen LogP contribution in [-0.2, 0) is 16.1 Å². The highest BCUT2D eigenvalue weighted by atomic mass is 16.7. The quantitative estimate of drug-likeness (QED) is 0.564. The Kier molecular flexibility index (Phi) is 5.24. The number of rotatable bonds is 5. The van der Waals surface area contributed by atoms with E-state index in [0.29, 0.717) is 0 Å². The van der Waals surface area contributed by atoms with Gasteiger partial charge in [0.1, 0.15) is 24.4 Å². The lowest BCUT2D eigenvalue weighted by Crippen LogP contribution is -2.59. The van der Waals surface area contributed by atoms with Gasteiger partial charge >= 0.3 is 0 Å². The van der Waals surface area contributed by atoms with Gasteiger partial charge in [-0.3, -0.25) is 0 Å². The second kappa shape index (κ2) is 7.39. The van der Waals surface area contributed by atoms with Crippen molar-refractivity contribution in [3.63, 3.8) is 0 Å². The molecule has 2 heterocycles. The van der Waals surface area contributed by atoms with Gasteiger partial charge in [0, 0.05) is 12.4 Å². The standard InChI is InChI=1S/C16H20N2O6/c19-8-12-13(20)14(21)15(16(22)24-12)23-9-10-2-4-11(5-3-10)18-7-1-6-17-18/h1-7,12-16,19-22H,8-9H2/t12-,13-,14+,15-,16+/m1/s1. The number of aliphatic hydroxyl groups is 4. The van der Waals surface area contributed by atoms with Crippen molar-refractivity contribution in [2.24, 2.45) is 0 Å². The van der Waals surface area contributed by atoms with Gasteiger partial charge in [0.05, 0.1) is 18.9 Å². The van der Waals surface area contributed by atoms with E-state index in [1.807, 2.05) is 36.5 Å².